The quantitative estimate of drug-likeness (QED) is 0.339. The number of nitrogens with zero attached hydrogens (tertiary/aromatic N) is 1. The zero-order chi connectivity index (χ0) is 20.2. The minimum absolute atomic E-state index is 0.0158. The van der Waals surface area contributed by atoms with Crippen molar-refractivity contribution < 1.29 is 0 Å². The van der Waals surface area contributed by atoms with E-state index in [1.54, 1.807) is 0 Å². The summed E-state index contributed by atoms with van der Waals surface area (Å²) in [5.74, 6) is 0. The van der Waals surface area contributed by atoms with Gasteiger partial charge < -0.3 is 4.57 Å². The second kappa shape index (κ2) is 5.26. The number of para-hydroxylation sites is 1. The smallest absolute Gasteiger partial charge is 0.247 e. The average molecular weight is 383 g/mol. The summed E-state index contributed by atoms with van der Waals surface area (Å²) in [6.45, 7) is 7.35. The molecule has 30 heavy (non-hydrogen) atoms. The summed E-state index contributed by atoms with van der Waals surface area (Å²) < 4.78 is 2.53. The van der Waals surface area contributed by atoms with Gasteiger partial charge in [0.25, 0.3) is 0 Å². The fraction of sp³-hybridized carbons (Fsp3) is 0.143. The average Bonchev–Trinajstić information content (AvgIpc) is 3.10. The number of hydrogen-bond acceptors (Lipinski definition) is 0. The van der Waals surface area contributed by atoms with Crippen LogP contribution in [0.25, 0.3) is 27.5 Å². The molecule has 7 rings (SSSR count). The van der Waals surface area contributed by atoms with Gasteiger partial charge in [-0.3, -0.25) is 0 Å². The number of fused-ring (bicyclic) bond motifs is 8. The van der Waals surface area contributed by atoms with Crippen LogP contribution in [0.15, 0.2) is 78.9 Å². The van der Waals surface area contributed by atoms with Crippen molar-refractivity contribution in [1.82, 2.24) is 4.57 Å². The Labute approximate surface area is 177 Å². The number of hydrogen-bond donors (Lipinski definition) is 0. The maximum atomic E-state index is 2.53. The second-order valence-electron chi connectivity index (χ2n) is 9.43. The molecule has 2 aliphatic rings. The molecule has 0 spiro atoms. The summed E-state index contributed by atoms with van der Waals surface area (Å²) in [4.78, 5) is 0. The highest BCUT2D eigenvalue weighted by molar-refractivity contribution is 6.99. The molecule has 0 aliphatic carbocycles. The standard InChI is InChI=1S/C28H22BN/c1-17-9-8-14-24-25(17)29-22-12-6-5-11-20(22)28(2,3)21-16-15-19-18-10-4-7-13-23(18)30(24)27(19)26(21)29/h4-16H,1-3H3. The van der Waals surface area contributed by atoms with E-state index in [1.165, 1.54) is 60.6 Å². The minimum atomic E-state index is -0.0158. The van der Waals surface area contributed by atoms with Gasteiger partial charge in [0, 0.05) is 27.4 Å². The molecule has 4 aromatic carbocycles. The summed E-state index contributed by atoms with van der Waals surface area (Å²) in [5.41, 5.74) is 12.8. The topological polar surface area (TPSA) is 4.93 Å². The van der Waals surface area contributed by atoms with Gasteiger partial charge in [-0.05, 0) is 41.1 Å². The van der Waals surface area contributed by atoms with E-state index in [0.29, 0.717) is 6.71 Å². The maximum Gasteiger partial charge on any atom is 0.247 e. The summed E-state index contributed by atoms with van der Waals surface area (Å²) in [5, 5.41) is 2.72. The summed E-state index contributed by atoms with van der Waals surface area (Å²) in [6, 6.07) is 29.5. The first-order valence-electron chi connectivity index (χ1n) is 10.8. The van der Waals surface area contributed by atoms with Crippen LogP contribution in [0.3, 0.4) is 0 Å². The number of aromatic nitrogens is 1. The van der Waals surface area contributed by atoms with Crippen molar-refractivity contribution in [3.05, 3.63) is 95.6 Å². The van der Waals surface area contributed by atoms with Crippen molar-refractivity contribution in [2.45, 2.75) is 26.2 Å². The van der Waals surface area contributed by atoms with Gasteiger partial charge in [0.05, 0.1) is 5.52 Å². The first-order valence-corrected chi connectivity index (χ1v) is 10.8. The van der Waals surface area contributed by atoms with E-state index in [9.17, 15) is 0 Å². The predicted molar refractivity (Wildman–Crippen MR) is 129 cm³/mol. The molecule has 0 bridgehead atoms. The normalized spacial score (nSPS) is 15.4. The Bertz CT molecular complexity index is 1540. The van der Waals surface area contributed by atoms with Gasteiger partial charge in [-0.1, -0.05) is 91.6 Å². The lowest BCUT2D eigenvalue weighted by molar-refractivity contribution is 0.646. The van der Waals surface area contributed by atoms with Crippen LogP contribution in [0.2, 0.25) is 0 Å². The lowest BCUT2D eigenvalue weighted by Crippen LogP contribution is -2.63. The van der Waals surface area contributed by atoms with E-state index in [2.05, 4.69) is 104 Å². The van der Waals surface area contributed by atoms with E-state index < -0.39 is 0 Å². The van der Waals surface area contributed by atoms with Crippen LogP contribution in [-0.2, 0) is 5.41 Å². The van der Waals surface area contributed by atoms with Crippen LogP contribution in [0.5, 0.6) is 0 Å². The molecule has 0 amide bonds. The van der Waals surface area contributed by atoms with E-state index >= 15 is 0 Å². The largest absolute Gasteiger partial charge is 0.310 e. The molecule has 0 fully saturated rings. The van der Waals surface area contributed by atoms with E-state index in [1.807, 2.05) is 0 Å². The molecular formula is C28H22BN. The first kappa shape index (κ1) is 16.5. The molecule has 0 atom stereocenters. The third-order valence-electron chi connectivity index (χ3n) is 7.61. The SMILES string of the molecule is Cc1cccc2c1B1c3ccccc3C(C)(C)c3ccc4c5ccccc5n-2c4c31. The van der Waals surface area contributed by atoms with Crippen LogP contribution < -0.4 is 16.4 Å². The Morgan fingerprint density at radius 1 is 0.700 bits per heavy atom. The summed E-state index contributed by atoms with van der Waals surface area (Å²) in [6.07, 6.45) is 0. The molecule has 0 radical (unpaired) electrons. The van der Waals surface area contributed by atoms with Crippen LogP contribution in [0, 0.1) is 6.92 Å². The van der Waals surface area contributed by atoms with Crippen LogP contribution in [0.4, 0.5) is 0 Å². The molecule has 1 aromatic heterocycles. The lowest BCUT2D eigenvalue weighted by Gasteiger charge is -2.41. The van der Waals surface area contributed by atoms with Crippen LogP contribution >= 0.6 is 0 Å². The summed E-state index contributed by atoms with van der Waals surface area (Å²) in [7, 11) is 0. The number of aryl methyl sites for hydroxylation is 1. The van der Waals surface area contributed by atoms with Crippen LogP contribution in [-0.4, -0.2) is 11.3 Å². The van der Waals surface area contributed by atoms with Gasteiger partial charge >= 0.3 is 0 Å². The molecule has 0 saturated heterocycles. The maximum absolute atomic E-state index is 2.53. The van der Waals surface area contributed by atoms with Gasteiger partial charge in [-0.25, -0.2) is 0 Å². The Kier molecular flexibility index (Phi) is 2.90. The minimum Gasteiger partial charge on any atom is -0.310 e. The van der Waals surface area contributed by atoms with E-state index in [0.717, 1.165) is 0 Å². The predicted octanol–water partition coefficient (Wildman–Crippen LogP) is 4.56. The molecule has 0 unspecified atom stereocenters. The molecular weight excluding hydrogens is 361 g/mol. The Morgan fingerprint density at radius 2 is 1.50 bits per heavy atom. The highest BCUT2D eigenvalue weighted by Crippen LogP contribution is 2.40. The van der Waals surface area contributed by atoms with Crippen molar-refractivity contribution in [2.24, 2.45) is 0 Å². The highest BCUT2D eigenvalue weighted by atomic mass is 15.0. The number of benzene rings is 4. The van der Waals surface area contributed by atoms with Crippen molar-refractivity contribution in [3.8, 4) is 5.69 Å². The van der Waals surface area contributed by atoms with E-state index in [-0.39, 0.29) is 5.41 Å². The van der Waals surface area contributed by atoms with E-state index in [4.69, 9.17) is 0 Å². The summed E-state index contributed by atoms with van der Waals surface area (Å²) >= 11 is 0. The van der Waals surface area contributed by atoms with Gasteiger partial charge in [0.15, 0.2) is 0 Å². The van der Waals surface area contributed by atoms with Gasteiger partial charge in [-0.15, -0.1) is 0 Å². The van der Waals surface area contributed by atoms with Crippen LogP contribution in [0.1, 0.15) is 30.5 Å². The zero-order valence-electron chi connectivity index (χ0n) is 17.5. The Hall–Kier alpha value is -3.26. The van der Waals surface area contributed by atoms with Crippen molar-refractivity contribution >= 4 is 44.9 Å². The van der Waals surface area contributed by atoms with Crippen molar-refractivity contribution in [1.29, 1.82) is 0 Å². The number of rotatable bonds is 0. The van der Waals surface area contributed by atoms with Gasteiger partial charge in [0.2, 0.25) is 6.71 Å². The molecule has 5 aromatic rings. The fourth-order valence-corrected chi connectivity index (χ4v) is 6.32. The second-order valence-corrected chi connectivity index (χ2v) is 9.43. The van der Waals surface area contributed by atoms with Crippen molar-refractivity contribution in [2.75, 3.05) is 0 Å². The third kappa shape index (κ3) is 1.73. The molecule has 2 aliphatic heterocycles. The molecule has 3 heterocycles. The third-order valence-corrected chi connectivity index (χ3v) is 7.61. The van der Waals surface area contributed by atoms with Gasteiger partial charge in [0.1, 0.15) is 0 Å². The molecule has 1 nitrogen and oxygen atoms in total. The van der Waals surface area contributed by atoms with Gasteiger partial charge in [-0.2, -0.15) is 0 Å². The molecule has 2 heteroatoms. The molecule has 0 saturated carbocycles. The fourth-order valence-electron chi connectivity index (χ4n) is 6.32. The van der Waals surface area contributed by atoms with Crippen molar-refractivity contribution in [3.63, 3.8) is 0 Å². The Morgan fingerprint density at radius 3 is 2.40 bits per heavy atom. The highest BCUT2D eigenvalue weighted by Gasteiger charge is 2.45. The Balaban J connectivity index is 1.80. The lowest BCUT2D eigenvalue weighted by atomic mass is 9.30. The zero-order valence-corrected chi connectivity index (χ0v) is 17.5. The molecule has 142 valence electrons. The first-order chi connectivity index (χ1) is 14.6. The molecule has 0 N–H and O–H groups in total. The monoisotopic (exact) mass is 383 g/mol.